The van der Waals surface area contributed by atoms with E-state index in [-0.39, 0.29) is 12.1 Å². The van der Waals surface area contributed by atoms with Crippen LogP contribution in [-0.4, -0.2) is 17.3 Å². The van der Waals surface area contributed by atoms with Crippen molar-refractivity contribution in [3.05, 3.63) is 29.3 Å². The molecule has 1 rings (SSSR count). The van der Waals surface area contributed by atoms with Crippen LogP contribution in [0, 0.1) is 11.6 Å². The van der Waals surface area contributed by atoms with Crippen LogP contribution in [0.1, 0.15) is 5.56 Å². The van der Waals surface area contributed by atoms with E-state index in [0.717, 1.165) is 0 Å². The number of halogens is 11. The summed E-state index contributed by atoms with van der Waals surface area (Å²) in [4.78, 5) is 2.21. The number of aliphatic imine (C=N–C) groups is 1. The van der Waals surface area contributed by atoms with Crippen LogP contribution >= 0.6 is 11.6 Å². The Hall–Kier alpha value is -1.52. The highest BCUT2D eigenvalue weighted by Gasteiger charge is 2.61. The Balaban J connectivity index is 3.39. The summed E-state index contributed by atoms with van der Waals surface area (Å²) in [5.41, 5.74) is -3.62. The van der Waals surface area contributed by atoms with Gasteiger partial charge in [0.15, 0.2) is 16.8 Å². The lowest BCUT2D eigenvalue weighted by molar-refractivity contribution is -0.248. The third kappa shape index (κ3) is 3.62. The minimum Gasteiger partial charge on any atom is -0.228 e. The summed E-state index contributed by atoms with van der Waals surface area (Å²) in [5.74, 6) is -9.94. The molecule has 0 atom stereocenters. The number of hydrogen-bond acceptors (Lipinski definition) is 1. The molecule has 0 heterocycles. The molecule has 0 N–H and O–H groups in total. The van der Waals surface area contributed by atoms with Gasteiger partial charge in [-0.2, -0.15) is 35.1 Å². The van der Waals surface area contributed by atoms with Gasteiger partial charge in [0.05, 0.1) is 5.56 Å². The summed E-state index contributed by atoms with van der Waals surface area (Å²) in [6.07, 6.45) is -11.4. The quantitative estimate of drug-likeness (QED) is 0.490. The van der Waals surface area contributed by atoms with Gasteiger partial charge in [-0.1, -0.05) is 11.6 Å². The minimum atomic E-state index is -6.20. The van der Waals surface area contributed by atoms with Crippen LogP contribution in [0.3, 0.4) is 0 Å². The molecule has 1 aromatic carbocycles. The number of benzene rings is 1. The number of rotatable bonds is 2. The summed E-state index contributed by atoms with van der Waals surface area (Å²) in [6, 6.07) is -0.643. The van der Waals surface area contributed by atoms with Gasteiger partial charge in [0.1, 0.15) is 5.69 Å². The largest absolute Gasteiger partial charge is 0.460 e. The molecule has 0 radical (unpaired) electrons. The maximum atomic E-state index is 13.3. The summed E-state index contributed by atoms with van der Waals surface area (Å²) >= 11 is 4.59. The highest BCUT2D eigenvalue weighted by Crippen LogP contribution is 2.40. The van der Waals surface area contributed by atoms with E-state index in [0.29, 0.717) is 0 Å². The van der Waals surface area contributed by atoms with Crippen LogP contribution in [0.5, 0.6) is 0 Å². The third-order valence-corrected chi connectivity index (χ3v) is 2.49. The van der Waals surface area contributed by atoms with Crippen LogP contribution in [0.15, 0.2) is 17.1 Å². The molecule has 0 spiro atoms. The molecule has 0 saturated heterocycles. The Morgan fingerprint density at radius 3 is 1.59 bits per heavy atom. The van der Waals surface area contributed by atoms with Crippen LogP contribution in [0.25, 0.3) is 0 Å². The van der Waals surface area contributed by atoms with Crippen LogP contribution in [0.4, 0.5) is 49.6 Å². The fourth-order valence-corrected chi connectivity index (χ4v) is 1.31. The van der Waals surface area contributed by atoms with Crippen molar-refractivity contribution in [3.8, 4) is 0 Å². The lowest BCUT2D eigenvalue weighted by Crippen LogP contribution is -2.41. The number of alkyl halides is 8. The maximum Gasteiger partial charge on any atom is 0.460 e. The standard InChI is InChI=1S/C10H2ClF10N/c11-7(8(14,15)10(19,20)21)22-6-4(12)1-3(2-5(6)13)9(16,17)18/h1-2H. The Morgan fingerprint density at radius 1 is 0.864 bits per heavy atom. The summed E-state index contributed by atoms with van der Waals surface area (Å²) in [5, 5.41) is -2.54. The van der Waals surface area contributed by atoms with Crippen molar-refractivity contribution >= 4 is 22.5 Å². The van der Waals surface area contributed by atoms with E-state index in [1.54, 1.807) is 0 Å². The number of nitrogens with zero attached hydrogens (tertiary/aromatic N) is 1. The van der Waals surface area contributed by atoms with E-state index >= 15 is 0 Å². The van der Waals surface area contributed by atoms with E-state index < -0.39 is 46.3 Å². The molecular weight excluding hydrogens is 360 g/mol. The molecule has 0 aliphatic rings. The van der Waals surface area contributed by atoms with Crippen molar-refractivity contribution in [2.45, 2.75) is 18.3 Å². The molecule has 124 valence electrons. The molecule has 1 nitrogen and oxygen atoms in total. The predicted molar refractivity (Wildman–Crippen MR) is 55.3 cm³/mol. The first kappa shape index (κ1) is 18.5. The zero-order chi connectivity index (χ0) is 17.5. The summed E-state index contributed by atoms with van der Waals surface area (Å²) < 4.78 is 125. The van der Waals surface area contributed by atoms with Gasteiger partial charge in [-0.05, 0) is 12.1 Å². The molecular formula is C10H2ClF10N. The van der Waals surface area contributed by atoms with Gasteiger partial charge in [-0.25, -0.2) is 13.8 Å². The topological polar surface area (TPSA) is 12.4 Å². The lowest BCUT2D eigenvalue weighted by atomic mass is 10.2. The second-order valence-electron chi connectivity index (χ2n) is 3.76. The first-order valence-electron chi connectivity index (χ1n) is 4.93. The maximum absolute atomic E-state index is 13.3. The minimum absolute atomic E-state index is 0.322. The Morgan fingerprint density at radius 2 is 1.27 bits per heavy atom. The molecule has 22 heavy (non-hydrogen) atoms. The first-order valence-corrected chi connectivity index (χ1v) is 5.31. The molecule has 0 aliphatic heterocycles. The van der Waals surface area contributed by atoms with Gasteiger partial charge in [-0.15, -0.1) is 0 Å². The molecule has 0 fully saturated rings. The zero-order valence-corrected chi connectivity index (χ0v) is 10.5. The average Bonchev–Trinajstić information content (AvgIpc) is 2.30. The van der Waals surface area contributed by atoms with Crippen molar-refractivity contribution in [1.29, 1.82) is 0 Å². The number of hydrogen-bond donors (Lipinski definition) is 0. The van der Waals surface area contributed by atoms with Crippen molar-refractivity contribution in [1.82, 2.24) is 0 Å². The van der Waals surface area contributed by atoms with Gasteiger partial charge < -0.3 is 0 Å². The Bertz CT molecular complexity index is 578. The Kier molecular flexibility index (Phi) is 4.71. The lowest BCUT2D eigenvalue weighted by Gasteiger charge is -2.17. The molecule has 0 unspecified atom stereocenters. The van der Waals surface area contributed by atoms with Crippen molar-refractivity contribution in [2.75, 3.05) is 0 Å². The highest BCUT2D eigenvalue weighted by molar-refractivity contribution is 6.67. The van der Waals surface area contributed by atoms with Crippen molar-refractivity contribution < 1.29 is 43.9 Å². The average molecular weight is 362 g/mol. The molecule has 0 bridgehead atoms. The smallest absolute Gasteiger partial charge is 0.228 e. The zero-order valence-electron chi connectivity index (χ0n) is 9.76. The van der Waals surface area contributed by atoms with Gasteiger partial charge in [-0.3, -0.25) is 0 Å². The fraction of sp³-hybridized carbons (Fsp3) is 0.300. The van der Waals surface area contributed by atoms with Gasteiger partial charge in [0.25, 0.3) is 0 Å². The van der Waals surface area contributed by atoms with E-state index in [2.05, 4.69) is 16.6 Å². The van der Waals surface area contributed by atoms with Crippen LogP contribution in [-0.2, 0) is 6.18 Å². The summed E-state index contributed by atoms with van der Waals surface area (Å²) in [6.45, 7) is 0. The van der Waals surface area contributed by atoms with Crippen molar-refractivity contribution in [3.63, 3.8) is 0 Å². The molecule has 12 heteroatoms. The first-order chi connectivity index (χ1) is 9.68. The molecule has 0 amide bonds. The predicted octanol–water partition coefficient (Wildman–Crippen LogP) is 5.45. The van der Waals surface area contributed by atoms with Gasteiger partial charge in [0.2, 0.25) is 0 Å². The third-order valence-electron chi connectivity index (χ3n) is 2.17. The second kappa shape index (κ2) is 5.60. The van der Waals surface area contributed by atoms with Crippen molar-refractivity contribution in [2.24, 2.45) is 4.99 Å². The van der Waals surface area contributed by atoms with Gasteiger partial charge in [0, 0.05) is 0 Å². The Labute approximate surface area is 120 Å². The van der Waals surface area contributed by atoms with Crippen LogP contribution < -0.4 is 0 Å². The summed E-state index contributed by atoms with van der Waals surface area (Å²) in [7, 11) is 0. The van der Waals surface area contributed by atoms with E-state index in [1.807, 2.05) is 0 Å². The fourth-order valence-electron chi connectivity index (χ4n) is 1.12. The monoisotopic (exact) mass is 361 g/mol. The van der Waals surface area contributed by atoms with Gasteiger partial charge >= 0.3 is 18.3 Å². The molecule has 0 aliphatic carbocycles. The van der Waals surface area contributed by atoms with E-state index in [4.69, 9.17) is 0 Å². The molecule has 0 aromatic heterocycles. The molecule has 1 aromatic rings. The normalized spacial score (nSPS) is 14.4. The second-order valence-corrected chi connectivity index (χ2v) is 4.12. The van der Waals surface area contributed by atoms with E-state index in [9.17, 15) is 43.9 Å². The molecule has 0 saturated carbocycles. The SMILES string of the molecule is Fc1cc(C(F)(F)F)cc(F)c1N=C(Cl)C(F)(F)C(F)(F)F. The van der Waals surface area contributed by atoms with Crippen LogP contribution in [0.2, 0.25) is 0 Å². The highest BCUT2D eigenvalue weighted by atomic mass is 35.5. The van der Waals surface area contributed by atoms with E-state index in [1.165, 1.54) is 0 Å².